The summed E-state index contributed by atoms with van der Waals surface area (Å²) in [5, 5.41) is 6.99. The predicted molar refractivity (Wildman–Crippen MR) is 186 cm³/mol. The van der Waals surface area contributed by atoms with Gasteiger partial charge in [-0.15, -0.1) is 0 Å². The Morgan fingerprint density at radius 1 is 0.311 bits per heavy atom. The van der Waals surface area contributed by atoms with E-state index in [1.165, 1.54) is 38.6 Å². The van der Waals surface area contributed by atoms with Crippen molar-refractivity contribution in [2.45, 2.75) is 0 Å². The smallest absolute Gasteiger partial charge is 0.135 e. The SMILES string of the molecule is c1ccc(-n2c3ccccc3c3cc(-c4ccc5oc6ccc(-c7ccc8oc9ccccc9c8c7)cc6c5c4)ccc32)cc1. The monoisotopic (exact) mass is 575 g/mol. The van der Waals surface area contributed by atoms with Crippen LogP contribution >= 0.6 is 0 Å². The molecule has 0 bridgehead atoms. The molecule has 3 nitrogen and oxygen atoms in total. The number of nitrogens with zero attached hydrogens (tertiary/aromatic N) is 1. The molecule has 45 heavy (non-hydrogen) atoms. The van der Waals surface area contributed by atoms with Crippen LogP contribution in [0.4, 0.5) is 0 Å². The Kier molecular flexibility index (Phi) is 5.00. The Balaban J connectivity index is 1.12. The fraction of sp³-hybridized carbons (Fsp3) is 0. The zero-order chi connectivity index (χ0) is 29.5. The molecule has 0 aliphatic carbocycles. The van der Waals surface area contributed by atoms with Crippen LogP contribution in [0.25, 0.3) is 93.6 Å². The molecule has 0 atom stereocenters. The second-order valence-corrected chi connectivity index (χ2v) is 11.8. The van der Waals surface area contributed by atoms with Gasteiger partial charge in [-0.05, 0) is 95.1 Å². The van der Waals surface area contributed by atoms with Gasteiger partial charge in [-0.25, -0.2) is 0 Å². The van der Waals surface area contributed by atoms with Crippen LogP contribution in [0.5, 0.6) is 0 Å². The molecule has 3 heterocycles. The summed E-state index contributed by atoms with van der Waals surface area (Å²) in [6, 6.07) is 53.8. The van der Waals surface area contributed by atoms with Crippen LogP contribution in [0, 0.1) is 0 Å². The maximum atomic E-state index is 6.31. The second-order valence-electron chi connectivity index (χ2n) is 11.8. The minimum atomic E-state index is 0.891. The maximum Gasteiger partial charge on any atom is 0.135 e. The van der Waals surface area contributed by atoms with Crippen molar-refractivity contribution in [1.82, 2.24) is 4.57 Å². The van der Waals surface area contributed by atoms with E-state index in [1.54, 1.807) is 0 Å². The summed E-state index contributed by atoms with van der Waals surface area (Å²) in [5.41, 5.74) is 11.8. The van der Waals surface area contributed by atoms with E-state index in [4.69, 9.17) is 8.83 Å². The molecule has 0 radical (unpaired) electrons. The lowest BCUT2D eigenvalue weighted by molar-refractivity contribution is 0.668. The maximum absolute atomic E-state index is 6.31. The van der Waals surface area contributed by atoms with E-state index in [-0.39, 0.29) is 0 Å². The molecule has 10 aromatic rings. The van der Waals surface area contributed by atoms with Crippen molar-refractivity contribution in [3.63, 3.8) is 0 Å². The lowest BCUT2D eigenvalue weighted by atomic mass is 9.98. The van der Waals surface area contributed by atoms with E-state index in [2.05, 4.69) is 144 Å². The van der Waals surface area contributed by atoms with Gasteiger partial charge >= 0.3 is 0 Å². The molecule has 0 saturated heterocycles. The third-order valence-electron chi connectivity index (χ3n) is 9.20. The van der Waals surface area contributed by atoms with Crippen LogP contribution in [0.1, 0.15) is 0 Å². The van der Waals surface area contributed by atoms with E-state index in [0.717, 1.165) is 55.0 Å². The number of benzene rings is 7. The molecule has 210 valence electrons. The molecule has 7 aromatic carbocycles. The van der Waals surface area contributed by atoms with E-state index in [1.807, 2.05) is 12.1 Å². The van der Waals surface area contributed by atoms with Crippen molar-refractivity contribution in [2.24, 2.45) is 0 Å². The van der Waals surface area contributed by atoms with E-state index < -0.39 is 0 Å². The molecule has 0 amide bonds. The Morgan fingerprint density at radius 3 is 1.40 bits per heavy atom. The fourth-order valence-corrected chi connectivity index (χ4v) is 7.05. The number of hydrogen-bond acceptors (Lipinski definition) is 2. The number of furan rings is 2. The van der Waals surface area contributed by atoms with Gasteiger partial charge in [0, 0.05) is 38.0 Å². The summed E-state index contributed by atoms with van der Waals surface area (Å²) in [7, 11) is 0. The molecular weight excluding hydrogens is 550 g/mol. The van der Waals surface area contributed by atoms with Gasteiger partial charge in [-0.1, -0.05) is 78.9 Å². The van der Waals surface area contributed by atoms with Gasteiger partial charge in [-0.3, -0.25) is 0 Å². The second kappa shape index (κ2) is 9.22. The topological polar surface area (TPSA) is 31.2 Å². The van der Waals surface area contributed by atoms with Crippen molar-refractivity contribution in [3.8, 4) is 27.9 Å². The highest BCUT2D eigenvalue weighted by molar-refractivity contribution is 6.12. The van der Waals surface area contributed by atoms with Gasteiger partial charge in [0.15, 0.2) is 0 Å². The molecule has 0 N–H and O–H groups in total. The summed E-state index contributed by atoms with van der Waals surface area (Å²) in [6.07, 6.45) is 0. The van der Waals surface area contributed by atoms with E-state index in [0.29, 0.717) is 0 Å². The van der Waals surface area contributed by atoms with Crippen molar-refractivity contribution in [1.29, 1.82) is 0 Å². The van der Waals surface area contributed by atoms with Crippen LogP contribution in [0.3, 0.4) is 0 Å². The predicted octanol–water partition coefficient (Wildman–Crippen LogP) is 11.9. The van der Waals surface area contributed by atoms with Crippen molar-refractivity contribution < 1.29 is 8.83 Å². The Morgan fingerprint density at radius 2 is 0.756 bits per heavy atom. The summed E-state index contributed by atoms with van der Waals surface area (Å²) >= 11 is 0. The molecule has 3 aromatic heterocycles. The van der Waals surface area contributed by atoms with Gasteiger partial charge in [-0.2, -0.15) is 0 Å². The molecule has 0 unspecified atom stereocenters. The molecule has 0 aliphatic rings. The van der Waals surface area contributed by atoms with Crippen LogP contribution in [0.15, 0.2) is 160 Å². The minimum Gasteiger partial charge on any atom is -0.456 e. The van der Waals surface area contributed by atoms with Gasteiger partial charge in [0.1, 0.15) is 22.3 Å². The van der Waals surface area contributed by atoms with E-state index >= 15 is 0 Å². The molecule has 3 heteroatoms. The molecular formula is C42H25NO2. The highest BCUT2D eigenvalue weighted by atomic mass is 16.3. The van der Waals surface area contributed by atoms with Crippen LogP contribution in [-0.4, -0.2) is 4.57 Å². The normalized spacial score (nSPS) is 12.0. The third kappa shape index (κ3) is 3.65. The first kappa shape index (κ1) is 24.4. The Hall–Kier alpha value is -6.06. The largest absolute Gasteiger partial charge is 0.456 e. The number of rotatable bonds is 3. The van der Waals surface area contributed by atoms with Crippen molar-refractivity contribution >= 4 is 65.7 Å². The third-order valence-corrected chi connectivity index (χ3v) is 9.20. The first-order chi connectivity index (χ1) is 22.3. The zero-order valence-electron chi connectivity index (χ0n) is 24.2. The fourth-order valence-electron chi connectivity index (χ4n) is 7.05. The quantitative estimate of drug-likeness (QED) is 0.210. The average molecular weight is 576 g/mol. The van der Waals surface area contributed by atoms with Crippen LogP contribution < -0.4 is 0 Å². The highest BCUT2D eigenvalue weighted by Crippen LogP contribution is 2.39. The summed E-state index contributed by atoms with van der Waals surface area (Å²) in [5.74, 6) is 0. The first-order valence-corrected chi connectivity index (χ1v) is 15.3. The number of hydrogen-bond donors (Lipinski definition) is 0. The van der Waals surface area contributed by atoms with Crippen LogP contribution in [-0.2, 0) is 0 Å². The van der Waals surface area contributed by atoms with Gasteiger partial charge in [0.05, 0.1) is 11.0 Å². The number of fused-ring (bicyclic) bond motifs is 9. The zero-order valence-corrected chi connectivity index (χ0v) is 24.2. The summed E-state index contributed by atoms with van der Waals surface area (Å²) < 4.78 is 14.7. The summed E-state index contributed by atoms with van der Waals surface area (Å²) in [4.78, 5) is 0. The van der Waals surface area contributed by atoms with Crippen molar-refractivity contribution in [3.05, 3.63) is 152 Å². The first-order valence-electron chi connectivity index (χ1n) is 15.3. The lowest BCUT2D eigenvalue weighted by Crippen LogP contribution is -1.92. The Labute approximate surface area is 258 Å². The Bertz CT molecular complexity index is 2760. The average Bonchev–Trinajstić information content (AvgIpc) is 3.77. The van der Waals surface area contributed by atoms with E-state index in [9.17, 15) is 0 Å². The van der Waals surface area contributed by atoms with Gasteiger partial charge in [0.25, 0.3) is 0 Å². The number of para-hydroxylation sites is 3. The molecule has 10 rings (SSSR count). The van der Waals surface area contributed by atoms with Crippen LogP contribution in [0.2, 0.25) is 0 Å². The molecule has 0 fully saturated rings. The highest BCUT2D eigenvalue weighted by Gasteiger charge is 2.15. The lowest BCUT2D eigenvalue weighted by Gasteiger charge is -2.08. The van der Waals surface area contributed by atoms with Gasteiger partial charge in [0.2, 0.25) is 0 Å². The summed E-state index contributed by atoms with van der Waals surface area (Å²) in [6.45, 7) is 0. The minimum absolute atomic E-state index is 0.891. The molecule has 0 aliphatic heterocycles. The molecule has 0 spiro atoms. The molecule has 0 saturated carbocycles. The number of aromatic nitrogens is 1. The van der Waals surface area contributed by atoms with Gasteiger partial charge < -0.3 is 13.4 Å². The standard InChI is InChI=1S/C42H25NO2/c1-2-8-30(9-3-1)43-37-12-6-4-10-31(37)33-22-26(14-18-38(33)43)28-16-20-41-35(24-28)36-25-29(17-21-42(36)45-41)27-15-19-40-34(23-27)32-11-5-7-13-39(32)44-40/h1-25H. The van der Waals surface area contributed by atoms with Crippen molar-refractivity contribution in [2.75, 3.05) is 0 Å².